The lowest BCUT2D eigenvalue weighted by atomic mass is 10.6. The van der Waals surface area contributed by atoms with E-state index >= 15 is 0 Å². The topological polar surface area (TPSA) is 92.3 Å². The lowest BCUT2D eigenvalue weighted by Gasteiger charge is -2.08. The lowest BCUT2D eigenvalue weighted by molar-refractivity contribution is -0.0254. The maximum absolute atomic E-state index is 5.49. The van der Waals surface area contributed by atoms with E-state index in [-0.39, 0.29) is 0 Å². The summed E-state index contributed by atoms with van der Waals surface area (Å²) in [5.74, 6) is 0.501. The highest BCUT2D eigenvalue weighted by Crippen LogP contribution is 1.86. The predicted octanol–water partition coefficient (Wildman–Crippen LogP) is 1.53. The Bertz CT molecular complexity index is 366. The Morgan fingerprint density at radius 3 is 0.788 bits per heavy atom. The van der Waals surface area contributed by atoms with Crippen LogP contribution in [0, 0.1) is 0 Å². The summed E-state index contributed by atoms with van der Waals surface area (Å²) in [6.45, 7) is 13.5. The van der Waals surface area contributed by atoms with Crippen LogP contribution in [0.5, 0.6) is 0 Å². The zero-order chi connectivity index (χ0) is 23.9. The van der Waals surface area contributed by atoms with E-state index in [0.29, 0.717) is 131 Å². The fourth-order valence-electron chi connectivity index (χ4n) is 2.11. The minimum Gasteiger partial charge on any atom is -0.499 e. The Labute approximate surface area is 203 Å². The van der Waals surface area contributed by atoms with Gasteiger partial charge in [-0.05, 0) is 0 Å². The smallest absolute Gasteiger partial charge is 0.111 e. The molecule has 11 heteroatoms. The minimum absolute atomic E-state index is 0.501. The van der Waals surface area contributed by atoms with Gasteiger partial charge < -0.3 is 47.4 Å². The highest BCUT2D eigenvalue weighted by Gasteiger charge is 1.95. The van der Waals surface area contributed by atoms with Crippen LogP contribution in [0.15, 0.2) is 12.8 Å². The van der Waals surface area contributed by atoms with E-state index in [1.54, 1.807) is 0 Å². The first-order valence-electron chi connectivity index (χ1n) is 11.4. The molecule has 0 fully saturated rings. The van der Waals surface area contributed by atoms with Crippen LogP contribution in [-0.4, -0.2) is 131 Å². The van der Waals surface area contributed by atoms with Gasteiger partial charge in [-0.3, -0.25) is 0 Å². The molecule has 0 radical (unpaired) electrons. The summed E-state index contributed by atoms with van der Waals surface area (Å²) in [6.07, 6.45) is 1.40. The van der Waals surface area contributed by atoms with E-state index in [2.05, 4.69) is 6.58 Å². The standard InChI is InChI=1S/C22H43ClO10/c1-2-24-5-6-26-9-10-28-13-14-30-17-18-32-21-22-33-20-19-31-16-15-29-12-11-27-8-7-25-4-3-23/h2H,1,3-22H2. The molecule has 0 atom stereocenters. The first-order valence-corrected chi connectivity index (χ1v) is 11.9. The van der Waals surface area contributed by atoms with Crippen molar-refractivity contribution in [3.05, 3.63) is 12.8 Å². The Kier molecular flexibility index (Phi) is 31.0. The average molecular weight is 503 g/mol. The first-order chi connectivity index (χ1) is 16.4. The Hall–Kier alpha value is -0.530. The van der Waals surface area contributed by atoms with E-state index in [1.807, 2.05) is 0 Å². The molecule has 0 heterocycles. The molecule has 0 aromatic rings. The normalized spacial score (nSPS) is 11.2. The SMILES string of the molecule is C=COCCOCCOCCOCCOCCOCCOCCOCCOCCOCCCl. The molecule has 0 spiro atoms. The van der Waals surface area contributed by atoms with Crippen LogP contribution >= 0.6 is 11.6 Å². The quantitative estimate of drug-likeness (QED) is 0.0817. The number of rotatable bonds is 30. The monoisotopic (exact) mass is 502 g/mol. The van der Waals surface area contributed by atoms with Gasteiger partial charge in [0.1, 0.15) is 6.61 Å². The molecule has 0 aliphatic heterocycles. The van der Waals surface area contributed by atoms with Crippen molar-refractivity contribution in [1.82, 2.24) is 0 Å². The zero-order valence-electron chi connectivity index (χ0n) is 19.9. The highest BCUT2D eigenvalue weighted by molar-refractivity contribution is 6.17. The zero-order valence-corrected chi connectivity index (χ0v) is 20.6. The second-order valence-corrected chi connectivity index (χ2v) is 6.62. The van der Waals surface area contributed by atoms with Gasteiger partial charge in [-0.1, -0.05) is 6.58 Å². The van der Waals surface area contributed by atoms with Gasteiger partial charge >= 0.3 is 0 Å². The molecule has 198 valence electrons. The van der Waals surface area contributed by atoms with Gasteiger partial charge in [0.15, 0.2) is 0 Å². The summed E-state index contributed by atoms with van der Waals surface area (Å²) in [4.78, 5) is 0. The Balaban J connectivity index is 2.99. The van der Waals surface area contributed by atoms with Crippen molar-refractivity contribution in [3.8, 4) is 0 Å². The van der Waals surface area contributed by atoms with Crippen molar-refractivity contribution < 1.29 is 47.4 Å². The summed E-state index contributed by atoms with van der Waals surface area (Å²) in [6, 6.07) is 0. The first kappa shape index (κ1) is 32.5. The van der Waals surface area contributed by atoms with Gasteiger partial charge in [-0.25, -0.2) is 0 Å². The van der Waals surface area contributed by atoms with Crippen molar-refractivity contribution in [3.63, 3.8) is 0 Å². The number of ether oxygens (including phenoxy) is 10. The summed E-state index contributed by atoms with van der Waals surface area (Å²) < 4.78 is 53.2. The number of halogens is 1. The minimum atomic E-state index is 0.501. The predicted molar refractivity (Wildman–Crippen MR) is 124 cm³/mol. The molecule has 0 saturated heterocycles. The molecule has 0 aliphatic carbocycles. The Morgan fingerprint density at radius 1 is 0.364 bits per heavy atom. The number of hydrogen-bond acceptors (Lipinski definition) is 10. The van der Waals surface area contributed by atoms with Gasteiger partial charge in [0.05, 0.1) is 125 Å². The van der Waals surface area contributed by atoms with Crippen LogP contribution in [0.4, 0.5) is 0 Å². The average Bonchev–Trinajstić information content (AvgIpc) is 2.83. The van der Waals surface area contributed by atoms with E-state index in [0.717, 1.165) is 0 Å². The van der Waals surface area contributed by atoms with Crippen molar-refractivity contribution in [2.24, 2.45) is 0 Å². The van der Waals surface area contributed by atoms with Gasteiger partial charge in [-0.15, -0.1) is 11.6 Å². The molecule has 0 rings (SSSR count). The molecule has 0 aromatic heterocycles. The third-order valence-corrected chi connectivity index (χ3v) is 3.82. The summed E-state index contributed by atoms with van der Waals surface area (Å²) in [5, 5.41) is 0. The molecule has 0 N–H and O–H groups in total. The molecule has 10 nitrogen and oxygen atoms in total. The molecule has 0 saturated carbocycles. The largest absolute Gasteiger partial charge is 0.499 e. The van der Waals surface area contributed by atoms with Crippen LogP contribution in [0.1, 0.15) is 0 Å². The molecule has 0 unspecified atom stereocenters. The van der Waals surface area contributed by atoms with E-state index in [1.165, 1.54) is 6.26 Å². The van der Waals surface area contributed by atoms with Crippen LogP contribution in [0.2, 0.25) is 0 Å². The maximum atomic E-state index is 5.49. The molecular formula is C22H43ClO10. The summed E-state index contributed by atoms with van der Waals surface area (Å²) in [7, 11) is 0. The van der Waals surface area contributed by atoms with E-state index in [9.17, 15) is 0 Å². The molecule has 0 amide bonds. The van der Waals surface area contributed by atoms with E-state index in [4.69, 9.17) is 59.0 Å². The maximum Gasteiger partial charge on any atom is 0.111 e. The van der Waals surface area contributed by atoms with Crippen molar-refractivity contribution in [2.45, 2.75) is 0 Å². The summed E-state index contributed by atoms with van der Waals surface area (Å²) >= 11 is 5.49. The van der Waals surface area contributed by atoms with Gasteiger partial charge in [0, 0.05) is 5.88 Å². The Morgan fingerprint density at radius 2 is 0.576 bits per heavy atom. The van der Waals surface area contributed by atoms with Crippen molar-refractivity contribution >= 4 is 11.6 Å². The van der Waals surface area contributed by atoms with Crippen LogP contribution in [0.25, 0.3) is 0 Å². The molecule has 0 aromatic carbocycles. The third-order valence-electron chi connectivity index (χ3n) is 3.66. The van der Waals surface area contributed by atoms with Crippen molar-refractivity contribution in [2.75, 3.05) is 131 Å². The molecule has 0 bridgehead atoms. The van der Waals surface area contributed by atoms with Crippen LogP contribution in [0.3, 0.4) is 0 Å². The highest BCUT2D eigenvalue weighted by atomic mass is 35.5. The van der Waals surface area contributed by atoms with Gasteiger partial charge in [0.25, 0.3) is 0 Å². The van der Waals surface area contributed by atoms with Gasteiger partial charge in [-0.2, -0.15) is 0 Å². The molecular weight excluding hydrogens is 460 g/mol. The van der Waals surface area contributed by atoms with Crippen LogP contribution in [-0.2, 0) is 47.4 Å². The molecule has 0 aliphatic rings. The summed E-state index contributed by atoms with van der Waals surface area (Å²) in [5.41, 5.74) is 0. The number of alkyl halides is 1. The molecule has 33 heavy (non-hydrogen) atoms. The second-order valence-electron chi connectivity index (χ2n) is 6.24. The van der Waals surface area contributed by atoms with Crippen molar-refractivity contribution in [1.29, 1.82) is 0 Å². The fourth-order valence-corrected chi connectivity index (χ4v) is 2.22. The lowest BCUT2D eigenvalue weighted by Crippen LogP contribution is -2.15. The third kappa shape index (κ3) is 31.5. The second kappa shape index (κ2) is 31.5. The van der Waals surface area contributed by atoms with Gasteiger partial charge in [0.2, 0.25) is 0 Å². The fraction of sp³-hybridized carbons (Fsp3) is 0.909. The number of hydrogen-bond donors (Lipinski definition) is 0. The van der Waals surface area contributed by atoms with Crippen LogP contribution < -0.4 is 0 Å². The van der Waals surface area contributed by atoms with E-state index < -0.39 is 0 Å².